The van der Waals surface area contributed by atoms with Gasteiger partial charge in [0.25, 0.3) is 0 Å². The predicted molar refractivity (Wildman–Crippen MR) is 189 cm³/mol. The van der Waals surface area contributed by atoms with Gasteiger partial charge in [-0.05, 0) is 60.7 Å². The molecule has 0 aliphatic rings. The number of carbonyl (C=O) groups excluding carboxylic acids is 2. The molecule has 0 fully saturated rings. The topological polar surface area (TPSA) is 95.6 Å². The normalized spacial score (nSPS) is 11.1. The van der Waals surface area contributed by atoms with Crippen molar-refractivity contribution >= 4 is 81.5 Å². The van der Waals surface area contributed by atoms with E-state index >= 15 is 0 Å². The largest absolute Gasteiger partial charge is 0.293 e. The van der Waals surface area contributed by atoms with Gasteiger partial charge in [-0.3, -0.25) is 18.7 Å². The van der Waals surface area contributed by atoms with Crippen molar-refractivity contribution in [1.29, 1.82) is 0 Å². The number of carbonyl (C=O) groups is 2. The molecule has 8 nitrogen and oxygen atoms in total. The number of hydrogen-bond acceptors (Lipinski definition) is 8. The number of thioether (sulfide) groups is 2. The maximum Gasteiger partial charge on any atom is 0.196 e. The Labute approximate surface area is 298 Å². The molecule has 0 aliphatic carbocycles. The van der Waals surface area contributed by atoms with Crippen LogP contribution < -0.4 is 0 Å². The van der Waals surface area contributed by atoms with E-state index in [2.05, 4.69) is 20.4 Å². The zero-order chi connectivity index (χ0) is 32.9. The highest BCUT2D eigenvalue weighted by Gasteiger charge is 2.23. The minimum absolute atomic E-state index is 0.0823. The molecule has 14 heteroatoms. The van der Waals surface area contributed by atoms with E-state index in [1.807, 2.05) is 69.8 Å². The molecule has 2 heterocycles. The van der Waals surface area contributed by atoms with Crippen LogP contribution in [0.1, 0.15) is 32.4 Å². The van der Waals surface area contributed by atoms with Crippen LogP contribution in [-0.2, 0) is 6.42 Å². The van der Waals surface area contributed by atoms with E-state index in [4.69, 9.17) is 46.4 Å². The van der Waals surface area contributed by atoms with Crippen LogP contribution in [-0.4, -0.2) is 52.6 Å². The Morgan fingerprint density at radius 3 is 1.34 bits per heavy atom. The van der Waals surface area contributed by atoms with E-state index in [1.54, 1.807) is 36.4 Å². The Morgan fingerprint density at radius 1 is 0.553 bits per heavy atom. The lowest BCUT2D eigenvalue weighted by molar-refractivity contribution is 0.101. The molecule has 0 aliphatic heterocycles. The van der Waals surface area contributed by atoms with Crippen LogP contribution in [0.5, 0.6) is 0 Å². The number of benzene rings is 4. The highest BCUT2D eigenvalue weighted by atomic mass is 35.5. The fraction of sp³-hybridized carbons (Fsp3) is 0.0909. The van der Waals surface area contributed by atoms with Gasteiger partial charge in [-0.2, -0.15) is 0 Å². The van der Waals surface area contributed by atoms with Gasteiger partial charge in [0.15, 0.2) is 21.9 Å². The summed E-state index contributed by atoms with van der Waals surface area (Å²) in [6.45, 7) is 0. The third-order valence-electron chi connectivity index (χ3n) is 6.87. The zero-order valence-electron chi connectivity index (χ0n) is 24.2. The third-order valence-corrected chi connectivity index (χ3v) is 9.83. The molecule has 236 valence electrons. The van der Waals surface area contributed by atoms with Crippen LogP contribution in [0, 0.1) is 0 Å². The maximum absolute atomic E-state index is 13.1. The summed E-state index contributed by atoms with van der Waals surface area (Å²) < 4.78 is 3.79. The van der Waals surface area contributed by atoms with Gasteiger partial charge >= 0.3 is 0 Å². The molecule has 47 heavy (non-hydrogen) atoms. The lowest BCUT2D eigenvalue weighted by Crippen LogP contribution is -2.10. The first-order chi connectivity index (χ1) is 22.8. The molecule has 4 aromatic carbocycles. The quantitative estimate of drug-likeness (QED) is 0.0907. The van der Waals surface area contributed by atoms with Gasteiger partial charge in [0.1, 0.15) is 11.6 Å². The van der Waals surface area contributed by atoms with E-state index in [1.165, 1.54) is 23.5 Å². The first-order valence-corrected chi connectivity index (χ1v) is 17.5. The second-order valence-electron chi connectivity index (χ2n) is 9.99. The van der Waals surface area contributed by atoms with Crippen LogP contribution in [0.3, 0.4) is 0 Å². The van der Waals surface area contributed by atoms with E-state index in [9.17, 15) is 9.59 Å². The fourth-order valence-electron chi connectivity index (χ4n) is 4.68. The highest BCUT2D eigenvalue weighted by molar-refractivity contribution is 8.00. The molecule has 6 aromatic rings. The van der Waals surface area contributed by atoms with Crippen molar-refractivity contribution in [2.45, 2.75) is 16.7 Å². The van der Waals surface area contributed by atoms with E-state index in [0.29, 0.717) is 53.2 Å². The maximum atomic E-state index is 13.1. The number of nitrogens with zero attached hydrogens (tertiary/aromatic N) is 6. The van der Waals surface area contributed by atoms with Crippen LogP contribution in [0.15, 0.2) is 107 Å². The summed E-state index contributed by atoms with van der Waals surface area (Å²) >= 11 is 27.1. The Morgan fingerprint density at radius 2 is 0.957 bits per heavy atom. The van der Waals surface area contributed by atoms with Crippen LogP contribution in [0.2, 0.25) is 20.1 Å². The third kappa shape index (κ3) is 7.75. The zero-order valence-corrected chi connectivity index (χ0v) is 28.8. The second-order valence-corrected chi connectivity index (χ2v) is 13.6. The molecular weight excluding hydrogens is 718 g/mol. The number of para-hydroxylation sites is 2. The van der Waals surface area contributed by atoms with Crippen molar-refractivity contribution in [2.75, 3.05) is 11.5 Å². The molecule has 0 radical (unpaired) electrons. The Hall–Kier alpha value is -3.64. The lowest BCUT2D eigenvalue weighted by Gasteiger charge is -2.12. The summed E-state index contributed by atoms with van der Waals surface area (Å²) in [6.07, 6.45) is 0.249. The van der Waals surface area contributed by atoms with Crippen molar-refractivity contribution in [3.63, 3.8) is 0 Å². The first kappa shape index (κ1) is 33.3. The lowest BCUT2D eigenvalue weighted by atomic mass is 10.1. The molecule has 0 N–H and O–H groups in total. The van der Waals surface area contributed by atoms with Crippen LogP contribution >= 0.6 is 69.9 Å². The SMILES string of the molecule is O=C(CSc1nnc(Cc2nnc(SCC(=O)c3ccc(Cl)cc3Cl)n2-c2ccccc2)n1-c1ccccc1)c1ccc(Cl)cc1Cl. The van der Waals surface area contributed by atoms with Gasteiger partial charge in [-0.25, -0.2) is 0 Å². The van der Waals surface area contributed by atoms with Crippen molar-refractivity contribution in [3.05, 3.63) is 140 Å². The first-order valence-electron chi connectivity index (χ1n) is 14.0. The highest BCUT2D eigenvalue weighted by Crippen LogP contribution is 2.29. The fourth-order valence-corrected chi connectivity index (χ4v) is 7.41. The van der Waals surface area contributed by atoms with E-state index < -0.39 is 0 Å². The Kier molecular flexibility index (Phi) is 10.7. The van der Waals surface area contributed by atoms with E-state index in [-0.39, 0.29) is 29.5 Å². The Bertz CT molecular complexity index is 1930. The number of halogens is 4. The van der Waals surface area contributed by atoms with E-state index in [0.717, 1.165) is 11.4 Å². The molecule has 0 amide bonds. The second kappa shape index (κ2) is 15.1. The molecule has 0 saturated carbocycles. The van der Waals surface area contributed by atoms with Gasteiger partial charge in [-0.15, -0.1) is 20.4 Å². The van der Waals surface area contributed by atoms with Crippen molar-refractivity contribution < 1.29 is 9.59 Å². The molecule has 0 unspecified atom stereocenters. The van der Waals surface area contributed by atoms with Crippen LogP contribution in [0.25, 0.3) is 11.4 Å². The number of hydrogen-bond donors (Lipinski definition) is 0. The van der Waals surface area contributed by atoms with Crippen LogP contribution in [0.4, 0.5) is 0 Å². The van der Waals surface area contributed by atoms with Gasteiger partial charge in [0, 0.05) is 32.5 Å². The molecule has 6 rings (SSSR count). The molecule has 0 bridgehead atoms. The summed E-state index contributed by atoms with van der Waals surface area (Å²) in [5.74, 6) is 1.00. The van der Waals surface area contributed by atoms with Crippen molar-refractivity contribution in [1.82, 2.24) is 29.5 Å². The average Bonchev–Trinajstić information content (AvgIpc) is 3.66. The summed E-state index contributed by atoms with van der Waals surface area (Å²) in [7, 11) is 0. The molecule has 0 spiro atoms. The Balaban J connectivity index is 1.30. The minimum atomic E-state index is -0.166. The van der Waals surface area contributed by atoms with Gasteiger partial charge in [-0.1, -0.05) is 106 Å². The average molecular weight is 741 g/mol. The number of aromatic nitrogens is 6. The van der Waals surface area contributed by atoms with Gasteiger partial charge in [0.05, 0.1) is 28.0 Å². The number of rotatable bonds is 12. The van der Waals surface area contributed by atoms with Crippen molar-refractivity contribution in [2.24, 2.45) is 0 Å². The summed E-state index contributed by atoms with van der Waals surface area (Å²) in [4.78, 5) is 26.1. The standard InChI is InChI=1S/C33H22Cl4N6O2S2/c34-20-11-13-24(26(36)15-20)28(44)18-46-32-40-38-30(42(32)22-7-3-1-4-8-22)17-31-39-41-33(43(31)23-9-5-2-6-10-23)47-19-29(45)25-14-12-21(35)16-27(25)37/h1-16H,17-19H2. The number of Topliss-reactive ketones (excluding diaryl/α,β-unsaturated/α-hetero) is 2. The van der Waals surface area contributed by atoms with Gasteiger partial charge < -0.3 is 0 Å². The molecule has 0 atom stereocenters. The monoisotopic (exact) mass is 738 g/mol. The summed E-state index contributed by atoms with van der Waals surface area (Å²) in [5.41, 5.74) is 2.40. The number of ketones is 2. The molecular formula is C33H22Cl4N6O2S2. The smallest absolute Gasteiger partial charge is 0.196 e. The molecule has 0 saturated heterocycles. The summed E-state index contributed by atoms with van der Waals surface area (Å²) in [6, 6.07) is 28.8. The van der Waals surface area contributed by atoms with Gasteiger partial charge in [0.2, 0.25) is 0 Å². The minimum Gasteiger partial charge on any atom is -0.293 e. The van der Waals surface area contributed by atoms with Crippen molar-refractivity contribution in [3.8, 4) is 11.4 Å². The predicted octanol–water partition coefficient (Wildman–Crippen LogP) is 9.00. The summed E-state index contributed by atoms with van der Waals surface area (Å²) in [5, 5.41) is 20.5. The molecule has 2 aromatic heterocycles.